The number of amides is 2. The van der Waals surface area contributed by atoms with Crippen LogP contribution in [0.4, 0.5) is 4.79 Å². The van der Waals surface area contributed by atoms with E-state index in [1.54, 1.807) is 0 Å². The molecule has 19 heavy (non-hydrogen) atoms. The minimum absolute atomic E-state index is 0.192. The molecule has 1 unspecified atom stereocenters. The van der Waals surface area contributed by atoms with E-state index in [1.165, 1.54) is 0 Å². The fourth-order valence-electron chi connectivity index (χ4n) is 2.30. The summed E-state index contributed by atoms with van der Waals surface area (Å²) < 4.78 is 0. The molecule has 0 radical (unpaired) electrons. The Hall–Kier alpha value is -0.910. The van der Waals surface area contributed by atoms with Crippen LogP contribution in [0.1, 0.15) is 39.0 Å². The number of rotatable bonds is 6. The maximum absolute atomic E-state index is 11.7. The van der Waals surface area contributed by atoms with Crippen molar-refractivity contribution in [1.29, 1.82) is 0 Å². The predicted octanol–water partition coefficient (Wildman–Crippen LogP) is 2.07. The Morgan fingerprint density at radius 1 is 1.32 bits per heavy atom. The minimum Gasteiger partial charge on any atom is -0.481 e. The first kappa shape index (κ1) is 16.1. The number of thioether (sulfide) groups is 1. The first-order chi connectivity index (χ1) is 9.06. The second kappa shape index (κ2) is 8.30. The summed E-state index contributed by atoms with van der Waals surface area (Å²) in [5, 5.41) is 15.2. The van der Waals surface area contributed by atoms with Crippen molar-refractivity contribution in [2.24, 2.45) is 5.92 Å². The van der Waals surface area contributed by atoms with Crippen molar-refractivity contribution in [2.45, 2.75) is 50.3 Å². The number of urea groups is 1. The number of hydrogen-bond donors (Lipinski definition) is 3. The molecule has 1 saturated carbocycles. The molecule has 0 bridgehead atoms. The normalized spacial score (nSPS) is 24.5. The molecule has 0 saturated heterocycles. The third-order valence-corrected chi connectivity index (χ3v) is 4.83. The van der Waals surface area contributed by atoms with E-state index >= 15 is 0 Å². The summed E-state index contributed by atoms with van der Waals surface area (Å²) in [6.07, 6.45) is 6.94. The van der Waals surface area contributed by atoms with Gasteiger partial charge in [-0.3, -0.25) is 4.79 Å². The third-order valence-electron chi connectivity index (χ3n) is 3.69. The average molecular weight is 288 g/mol. The molecular formula is C13H24N2O3S. The molecule has 2 amide bonds. The van der Waals surface area contributed by atoms with Crippen LogP contribution in [0.15, 0.2) is 0 Å². The molecule has 1 rings (SSSR count). The highest BCUT2D eigenvalue weighted by Gasteiger charge is 2.22. The molecule has 0 heterocycles. The summed E-state index contributed by atoms with van der Waals surface area (Å²) in [7, 11) is 0. The van der Waals surface area contributed by atoms with Gasteiger partial charge in [0.1, 0.15) is 0 Å². The molecule has 110 valence electrons. The molecule has 1 aliphatic carbocycles. The lowest BCUT2D eigenvalue weighted by Crippen LogP contribution is -2.45. The van der Waals surface area contributed by atoms with Gasteiger partial charge >= 0.3 is 12.0 Å². The molecule has 6 heteroatoms. The topological polar surface area (TPSA) is 78.4 Å². The van der Waals surface area contributed by atoms with Gasteiger partial charge < -0.3 is 15.7 Å². The van der Waals surface area contributed by atoms with Crippen molar-refractivity contribution < 1.29 is 14.7 Å². The second-order valence-corrected chi connectivity index (χ2v) is 6.15. The quantitative estimate of drug-likeness (QED) is 0.699. The number of aliphatic carboxylic acids is 1. The smallest absolute Gasteiger partial charge is 0.315 e. The molecule has 0 aromatic heterocycles. The van der Waals surface area contributed by atoms with Crippen LogP contribution in [0.3, 0.4) is 0 Å². The van der Waals surface area contributed by atoms with Gasteiger partial charge in [-0.15, -0.1) is 0 Å². The zero-order chi connectivity index (χ0) is 14.3. The summed E-state index contributed by atoms with van der Waals surface area (Å²) in [6, 6.07) is -0.0133. The van der Waals surface area contributed by atoms with Gasteiger partial charge in [0.25, 0.3) is 0 Å². The van der Waals surface area contributed by atoms with Gasteiger partial charge in [0.2, 0.25) is 0 Å². The molecule has 0 aromatic rings. The average Bonchev–Trinajstić information content (AvgIpc) is 2.40. The number of carboxylic acid groups (broad SMARTS) is 1. The van der Waals surface area contributed by atoms with Crippen LogP contribution < -0.4 is 10.6 Å². The highest BCUT2D eigenvalue weighted by atomic mass is 32.2. The fourth-order valence-corrected chi connectivity index (χ4v) is 3.05. The monoisotopic (exact) mass is 288 g/mol. The highest BCUT2D eigenvalue weighted by Crippen LogP contribution is 2.26. The number of carboxylic acids is 1. The molecule has 3 N–H and O–H groups in total. The Morgan fingerprint density at radius 3 is 2.42 bits per heavy atom. The van der Waals surface area contributed by atoms with Gasteiger partial charge in [-0.25, -0.2) is 4.79 Å². The summed E-state index contributed by atoms with van der Waals surface area (Å²) in [5.74, 6) is -1.36. The van der Waals surface area contributed by atoms with E-state index in [2.05, 4.69) is 16.9 Å². The van der Waals surface area contributed by atoms with Crippen molar-refractivity contribution in [3.8, 4) is 0 Å². The van der Waals surface area contributed by atoms with Crippen LogP contribution in [-0.4, -0.2) is 41.2 Å². The summed E-state index contributed by atoms with van der Waals surface area (Å²) in [4.78, 5) is 22.5. The number of hydrogen-bond acceptors (Lipinski definition) is 3. The minimum atomic E-state index is -0.858. The zero-order valence-electron chi connectivity index (χ0n) is 11.6. The van der Waals surface area contributed by atoms with E-state index in [4.69, 9.17) is 5.11 Å². The van der Waals surface area contributed by atoms with Crippen LogP contribution >= 0.6 is 11.8 Å². The number of nitrogens with one attached hydrogen (secondary N) is 2. The summed E-state index contributed by atoms with van der Waals surface area (Å²) in [5.41, 5.74) is 0. The van der Waals surface area contributed by atoms with Crippen molar-refractivity contribution in [3.05, 3.63) is 0 Å². The molecule has 1 fully saturated rings. The molecule has 1 atom stereocenters. The predicted molar refractivity (Wildman–Crippen MR) is 77.5 cm³/mol. The lowest BCUT2D eigenvalue weighted by atomic mass is 9.95. The standard InChI is InChI=1S/C13H24N2O3S/c1-3-9(12(16)17)8-14-13(18)15-10-4-6-11(19-2)7-5-10/h9-11H,3-8H2,1-2H3,(H,16,17)(H2,14,15,18). The van der Waals surface area contributed by atoms with Crippen molar-refractivity contribution in [1.82, 2.24) is 10.6 Å². The van der Waals surface area contributed by atoms with Crippen LogP contribution in [0.2, 0.25) is 0 Å². The lowest BCUT2D eigenvalue weighted by Gasteiger charge is -2.28. The van der Waals surface area contributed by atoms with E-state index < -0.39 is 11.9 Å². The van der Waals surface area contributed by atoms with Crippen LogP contribution in [-0.2, 0) is 4.79 Å². The van der Waals surface area contributed by atoms with Crippen molar-refractivity contribution in [2.75, 3.05) is 12.8 Å². The molecule has 1 aliphatic rings. The van der Waals surface area contributed by atoms with Gasteiger partial charge in [-0.2, -0.15) is 11.8 Å². The van der Waals surface area contributed by atoms with E-state index in [0.29, 0.717) is 6.42 Å². The zero-order valence-corrected chi connectivity index (χ0v) is 12.5. The number of carbonyl (C=O) groups excluding carboxylic acids is 1. The van der Waals surface area contributed by atoms with Crippen LogP contribution in [0.25, 0.3) is 0 Å². The van der Waals surface area contributed by atoms with Gasteiger partial charge in [0.15, 0.2) is 0 Å². The van der Waals surface area contributed by atoms with Crippen molar-refractivity contribution >= 4 is 23.8 Å². The summed E-state index contributed by atoms with van der Waals surface area (Å²) >= 11 is 1.89. The van der Waals surface area contributed by atoms with Gasteiger partial charge in [-0.1, -0.05) is 6.92 Å². The largest absolute Gasteiger partial charge is 0.481 e. The highest BCUT2D eigenvalue weighted by molar-refractivity contribution is 7.99. The summed E-state index contributed by atoms with van der Waals surface area (Å²) in [6.45, 7) is 2.00. The Morgan fingerprint density at radius 2 is 1.95 bits per heavy atom. The van der Waals surface area contributed by atoms with Crippen molar-refractivity contribution in [3.63, 3.8) is 0 Å². The molecular weight excluding hydrogens is 264 g/mol. The van der Waals surface area contributed by atoms with Crippen LogP contribution in [0.5, 0.6) is 0 Å². The van der Waals surface area contributed by atoms with Gasteiger partial charge in [0.05, 0.1) is 5.92 Å². The van der Waals surface area contributed by atoms with E-state index in [0.717, 1.165) is 30.9 Å². The van der Waals surface area contributed by atoms with E-state index in [-0.39, 0.29) is 18.6 Å². The van der Waals surface area contributed by atoms with Gasteiger partial charge in [0, 0.05) is 17.8 Å². The third kappa shape index (κ3) is 5.72. The molecule has 0 aliphatic heterocycles. The Labute approximate surface area is 118 Å². The lowest BCUT2D eigenvalue weighted by molar-refractivity contribution is -0.141. The maximum atomic E-state index is 11.7. The first-order valence-corrected chi connectivity index (χ1v) is 8.15. The Kier molecular flexibility index (Phi) is 7.05. The second-order valence-electron chi connectivity index (χ2n) is 5.01. The molecule has 5 nitrogen and oxygen atoms in total. The SMILES string of the molecule is CCC(CNC(=O)NC1CCC(SC)CC1)C(=O)O. The van der Waals surface area contributed by atoms with Crippen LogP contribution in [0, 0.1) is 5.92 Å². The Bertz CT molecular complexity index is 304. The Balaban J connectivity index is 2.23. The first-order valence-electron chi connectivity index (χ1n) is 6.86. The molecule has 0 aromatic carbocycles. The van der Waals surface area contributed by atoms with E-state index in [1.807, 2.05) is 18.7 Å². The fraction of sp³-hybridized carbons (Fsp3) is 0.846. The van der Waals surface area contributed by atoms with E-state index in [9.17, 15) is 9.59 Å². The maximum Gasteiger partial charge on any atom is 0.315 e. The number of carbonyl (C=O) groups is 2. The van der Waals surface area contributed by atoms with Gasteiger partial charge in [-0.05, 0) is 38.4 Å². The molecule has 0 spiro atoms.